The molecule has 1 amide bonds. The van der Waals surface area contributed by atoms with Crippen molar-refractivity contribution in [1.29, 1.82) is 0 Å². The van der Waals surface area contributed by atoms with Crippen LogP contribution < -0.4 is 16.0 Å². The van der Waals surface area contributed by atoms with E-state index >= 15 is 0 Å². The molecule has 0 bridgehead atoms. The molecule has 1 aliphatic rings. The number of nitrogens with zero attached hydrogens (tertiary/aromatic N) is 1. The van der Waals surface area contributed by atoms with E-state index in [0.717, 1.165) is 25.9 Å². The van der Waals surface area contributed by atoms with Gasteiger partial charge in [-0.2, -0.15) is 0 Å². The number of pyridine rings is 1. The number of hydrogen-bond acceptors (Lipinski definition) is 4. The summed E-state index contributed by atoms with van der Waals surface area (Å²) < 4.78 is 0. The summed E-state index contributed by atoms with van der Waals surface area (Å²) in [6.07, 6.45) is 3.67. The van der Waals surface area contributed by atoms with Crippen molar-refractivity contribution < 1.29 is 4.79 Å². The summed E-state index contributed by atoms with van der Waals surface area (Å²) in [5.41, 5.74) is 0.620. The minimum Gasteiger partial charge on any atom is -0.367 e. The summed E-state index contributed by atoms with van der Waals surface area (Å²) in [5.74, 6) is 0.618. The van der Waals surface area contributed by atoms with E-state index in [0.29, 0.717) is 11.4 Å². The number of nitrogens with one attached hydrogen (secondary N) is 3. The van der Waals surface area contributed by atoms with Crippen LogP contribution in [0.4, 0.5) is 5.82 Å². The van der Waals surface area contributed by atoms with Crippen LogP contribution in [-0.2, 0) is 0 Å². The van der Waals surface area contributed by atoms with Crippen molar-refractivity contribution in [2.45, 2.75) is 38.8 Å². The van der Waals surface area contributed by atoms with Crippen molar-refractivity contribution >= 4 is 36.5 Å². The van der Waals surface area contributed by atoms with Crippen LogP contribution in [0.1, 0.15) is 37.0 Å². The fourth-order valence-electron chi connectivity index (χ4n) is 2.21. The topological polar surface area (TPSA) is 66.0 Å². The molecule has 1 aromatic heterocycles. The first-order valence-corrected chi connectivity index (χ1v) is 6.90. The van der Waals surface area contributed by atoms with Crippen molar-refractivity contribution in [2.24, 2.45) is 0 Å². The highest BCUT2D eigenvalue weighted by atomic mass is 35.5. The van der Waals surface area contributed by atoms with E-state index in [1.807, 2.05) is 19.9 Å². The predicted octanol–water partition coefficient (Wildman–Crippen LogP) is 2.23. The number of carbonyl (C=O) groups excluding carboxylic acids is 1. The molecule has 7 heteroatoms. The van der Waals surface area contributed by atoms with Crippen LogP contribution in [0, 0.1) is 0 Å². The van der Waals surface area contributed by atoms with Crippen molar-refractivity contribution in [2.75, 3.05) is 18.4 Å². The number of carbonyl (C=O) groups is 1. The molecule has 0 saturated carbocycles. The number of aromatic nitrogens is 1. The molecule has 0 unspecified atom stereocenters. The molecule has 0 aliphatic carbocycles. The Morgan fingerprint density at radius 3 is 2.62 bits per heavy atom. The molecular weight excluding hydrogens is 311 g/mol. The van der Waals surface area contributed by atoms with Gasteiger partial charge in [-0.3, -0.25) is 4.79 Å². The molecule has 1 fully saturated rings. The van der Waals surface area contributed by atoms with Gasteiger partial charge in [0.25, 0.3) is 5.91 Å². The minimum absolute atomic E-state index is 0. The van der Waals surface area contributed by atoms with Gasteiger partial charge in [-0.25, -0.2) is 4.98 Å². The van der Waals surface area contributed by atoms with Crippen LogP contribution in [0.3, 0.4) is 0 Å². The van der Waals surface area contributed by atoms with Crippen LogP contribution in [-0.4, -0.2) is 36.1 Å². The van der Waals surface area contributed by atoms with Gasteiger partial charge in [0.15, 0.2) is 0 Å². The largest absolute Gasteiger partial charge is 0.367 e. The number of anilines is 1. The third-order valence-electron chi connectivity index (χ3n) is 3.15. The van der Waals surface area contributed by atoms with Crippen molar-refractivity contribution in [3.63, 3.8) is 0 Å². The van der Waals surface area contributed by atoms with Crippen LogP contribution in [0.5, 0.6) is 0 Å². The molecule has 1 aromatic rings. The standard InChI is InChI=1S/C14H22N4O.2ClH/c1-10(2)17-13-12(4-3-7-16-13)14(19)18-11-5-8-15-9-6-11;;/h3-4,7,10-11,15H,5-6,8-9H2,1-2H3,(H,16,17)(H,18,19);2*1H. The maximum atomic E-state index is 12.3. The van der Waals surface area contributed by atoms with Crippen molar-refractivity contribution in [3.05, 3.63) is 23.9 Å². The highest BCUT2D eigenvalue weighted by Crippen LogP contribution is 2.13. The summed E-state index contributed by atoms with van der Waals surface area (Å²) in [6, 6.07) is 4.12. The Bertz CT molecular complexity index is 437. The molecule has 3 N–H and O–H groups in total. The Morgan fingerprint density at radius 2 is 2.00 bits per heavy atom. The van der Waals surface area contributed by atoms with Gasteiger partial charge in [-0.1, -0.05) is 0 Å². The summed E-state index contributed by atoms with van der Waals surface area (Å²) in [4.78, 5) is 16.6. The van der Waals surface area contributed by atoms with Gasteiger partial charge in [-0.05, 0) is 51.9 Å². The molecule has 2 rings (SSSR count). The second-order valence-corrected chi connectivity index (χ2v) is 5.20. The van der Waals surface area contributed by atoms with Crippen LogP contribution in [0.2, 0.25) is 0 Å². The zero-order valence-corrected chi connectivity index (χ0v) is 14.0. The van der Waals surface area contributed by atoms with Gasteiger partial charge in [0.05, 0.1) is 5.56 Å². The van der Waals surface area contributed by atoms with Gasteiger partial charge >= 0.3 is 0 Å². The summed E-state index contributed by atoms with van der Waals surface area (Å²) >= 11 is 0. The maximum Gasteiger partial charge on any atom is 0.255 e. The molecular formula is C14H24Cl2N4O. The van der Waals surface area contributed by atoms with E-state index in [2.05, 4.69) is 20.9 Å². The monoisotopic (exact) mass is 334 g/mol. The van der Waals surface area contributed by atoms with E-state index in [1.165, 1.54) is 0 Å². The predicted molar refractivity (Wildman–Crippen MR) is 90.8 cm³/mol. The Balaban J connectivity index is 0.00000200. The molecule has 1 aliphatic heterocycles. The number of rotatable bonds is 4. The molecule has 0 radical (unpaired) electrons. The molecule has 2 heterocycles. The first kappa shape index (κ1) is 20.0. The Kier molecular flexibility index (Phi) is 9.33. The van der Waals surface area contributed by atoms with Gasteiger partial charge in [0.1, 0.15) is 5.82 Å². The lowest BCUT2D eigenvalue weighted by atomic mass is 10.1. The zero-order chi connectivity index (χ0) is 13.7. The third-order valence-corrected chi connectivity index (χ3v) is 3.15. The quantitative estimate of drug-likeness (QED) is 0.789. The lowest BCUT2D eigenvalue weighted by Crippen LogP contribution is -2.43. The van der Waals surface area contributed by atoms with Crippen molar-refractivity contribution in [3.8, 4) is 0 Å². The van der Waals surface area contributed by atoms with Crippen LogP contribution in [0.15, 0.2) is 18.3 Å². The first-order valence-electron chi connectivity index (χ1n) is 6.90. The van der Waals surface area contributed by atoms with E-state index in [-0.39, 0.29) is 42.8 Å². The first-order chi connectivity index (χ1) is 9.16. The Morgan fingerprint density at radius 1 is 1.33 bits per heavy atom. The van der Waals surface area contributed by atoms with Gasteiger partial charge in [0.2, 0.25) is 0 Å². The summed E-state index contributed by atoms with van der Waals surface area (Å²) in [7, 11) is 0. The molecule has 0 aromatic carbocycles. The van der Waals surface area contributed by atoms with E-state index in [1.54, 1.807) is 12.3 Å². The van der Waals surface area contributed by atoms with Crippen LogP contribution in [0.25, 0.3) is 0 Å². The molecule has 5 nitrogen and oxygen atoms in total. The SMILES string of the molecule is CC(C)Nc1ncccc1C(=O)NC1CCNCC1.Cl.Cl. The molecule has 0 spiro atoms. The number of piperidine rings is 1. The minimum atomic E-state index is -0.0387. The zero-order valence-electron chi connectivity index (χ0n) is 12.4. The highest BCUT2D eigenvalue weighted by Gasteiger charge is 2.18. The average Bonchev–Trinajstić information content (AvgIpc) is 2.39. The van der Waals surface area contributed by atoms with Crippen molar-refractivity contribution in [1.82, 2.24) is 15.6 Å². The normalized spacial score (nSPS) is 14.8. The second kappa shape index (κ2) is 9.82. The van der Waals surface area contributed by atoms with Gasteiger partial charge in [0, 0.05) is 18.3 Å². The third kappa shape index (κ3) is 6.08. The Labute approximate surface area is 138 Å². The Hall–Kier alpha value is -1.04. The average molecular weight is 335 g/mol. The summed E-state index contributed by atoms with van der Waals surface area (Å²) in [5, 5.41) is 9.59. The van der Waals surface area contributed by atoms with Gasteiger partial charge in [-0.15, -0.1) is 24.8 Å². The lowest BCUT2D eigenvalue weighted by Gasteiger charge is -2.24. The number of amides is 1. The smallest absolute Gasteiger partial charge is 0.255 e. The fraction of sp³-hybridized carbons (Fsp3) is 0.571. The van der Waals surface area contributed by atoms with E-state index in [4.69, 9.17) is 0 Å². The van der Waals surface area contributed by atoms with Gasteiger partial charge < -0.3 is 16.0 Å². The van der Waals surface area contributed by atoms with E-state index < -0.39 is 0 Å². The molecule has 0 atom stereocenters. The van der Waals surface area contributed by atoms with Crippen LogP contribution >= 0.6 is 24.8 Å². The molecule has 1 saturated heterocycles. The molecule has 120 valence electrons. The number of hydrogen-bond donors (Lipinski definition) is 3. The highest BCUT2D eigenvalue weighted by molar-refractivity contribution is 5.98. The molecule has 21 heavy (non-hydrogen) atoms. The number of halogens is 2. The second-order valence-electron chi connectivity index (χ2n) is 5.20. The maximum absolute atomic E-state index is 12.3. The fourth-order valence-corrected chi connectivity index (χ4v) is 2.21. The summed E-state index contributed by atoms with van der Waals surface area (Å²) in [6.45, 7) is 6.00. The lowest BCUT2D eigenvalue weighted by molar-refractivity contribution is 0.0930. The van der Waals surface area contributed by atoms with E-state index in [9.17, 15) is 4.79 Å².